The molecule has 154 valence electrons. The lowest BCUT2D eigenvalue weighted by Crippen LogP contribution is -2.35. The fraction of sp³-hybridized carbons (Fsp3) is 0.217. The van der Waals surface area contributed by atoms with Crippen LogP contribution in [0, 0.1) is 0 Å². The highest BCUT2D eigenvalue weighted by molar-refractivity contribution is 6.04. The maximum Gasteiger partial charge on any atom is 0.289 e. The summed E-state index contributed by atoms with van der Waals surface area (Å²) in [5.41, 5.74) is 3.30. The van der Waals surface area contributed by atoms with Crippen molar-refractivity contribution in [1.82, 2.24) is 4.90 Å². The lowest BCUT2D eigenvalue weighted by Gasteiger charge is -2.28. The topological polar surface area (TPSA) is 81.0 Å². The Morgan fingerprint density at radius 2 is 1.83 bits per heavy atom. The first-order valence-corrected chi connectivity index (χ1v) is 9.57. The van der Waals surface area contributed by atoms with Gasteiger partial charge in [0.2, 0.25) is 0 Å². The number of methoxy groups -OCH3 is 2. The number of amides is 2. The van der Waals surface area contributed by atoms with Crippen LogP contribution in [0.4, 0.5) is 5.69 Å². The number of carbonyl (C=O) groups excluding carboxylic acids is 2. The molecule has 2 heterocycles. The molecule has 7 nitrogen and oxygen atoms in total. The van der Waals surface area contributed by atoms with E-state index in [4.69, 9.17) is 13.9 Å². The number of carbonyl (C=O) groups is 2. The van der Waals surface area contributed by atoms with Gasteiger partial charge in [0.1, 0.15) is 0 Å². The number of rotatable bonds is 5. The number of nitrogens with one attached hydrogen (secondary N) is 1. The Morgan fingerprint density at radius 1 is 1.00 bits per heavy atom. The van der Waals surface area contributed by atoms with Crippen molar-refractivity contribution in [1.29, 1.82) is 0 Å². The monoisotopic (exact) mass is 406 g/mol. The average molecular weight is 406 g/mol. The lowest BCUT2D eigenvalue weighted by molar-refractivity contribution is 0.0702. The number of ether oxygens (including phenoxy) is 2. The summed E-state index contributed by atoms with van der Waals surface area (Å²) in [4.78, 5) is 27.0. The number of furan rings is 1. The van der Waals surface area contributed by atoms with E-state index >= 15 is 0 Å². The second-order valence-electron chi connectivity index (χ2n) is 6.96. The highest BCUT2D eigenvalue weighted by atomic mass is 16.5. The van der Waals surface area contributed by atoms with Gasteiger partial charge < -0.3 is 24.1 Å². The molecule has 0 saturated heterocycles. The van der Waals surface area contributed by atoms with E-state index in [-0.39, 0.29) is 11.8 Å². The molecule has 0 aliphatic carbocycles. The summed E-state index contributed by atoms with van der Waals surface area (Å²) in [5.74, 6) is 0.990. The van der Waals surface area contributed by atoms with Crippen LogP contribution < -0.4 is 14.8 Å². The third-order valence-corrected chi connectivity index (χ3v) is 5.14. The van der Waals surface area contributed by atoms with Gasteiger partial charge in [-0.05, 0) is 60.0 Å². The number of hydrogen-bond donors (Lipinski definition) is 1. The quantitative estimate of drug-likeness (QED) is 0.698. The molecule has 0 atom stereocenters. The molecule has 1 N–H and O–H groups in total. The summed E-state index contributed by atoms with van der Waals surface area (Å²) < 4.78 is 15.7. The first-order chi connectivity index (χ1) is 14.6. The Kier molecular flexibility index (Phi) is 5.43. The van der Waals surface area contributed by atoms with Gasteiger partial charge in [0.05, 0.1) is 20.5 Å². The van der Waals surface area contributed by atoms with Crippen LogP contribution in [0.2, 0.25) is 0 Å². The number of anilines is 1. The predicted molar refractivity (Wildman–Crippen MR) is 111 cm³/mol. The average Bonchev–Trinajstić information content (AvgIpc) is 3.32. The minimum absolute atomic E-state index is 0.134. The first kappa shape index (κ1) is 19.6. The maximum absolute atomic E-state index is 12.7. The van der Waals surface area contributed by atoms with Gasteiger partial charge in [-0.3, -0.25) is 9.59 Å². The Balaban J connectivity index is 1.50. The van der Waals surface area contributed by atoms with Crippen LogP contribution in [0.25, 0.3) is 0 Å². The summed E-state index contributed by atoms with van der Waals surface area (Å²) in [7, 11) is 3.07. The van der Waals surface area contributed by atoms with E-state index in [1.165, 1.54) is 18.9 Å². The summed E-state index contributed by atoms with van der Waals surface area (Å²) in [6.07, 6.45) is 2.25. The van der Waals surface area contributed by atoms with E-state index in [1.807, 2.05) is 18.2 Å². The minimum Gasteiger partial charge on any atom is -0.493 e. The molecule has 7 heteroatoms. The van der Waals surface area contributed by atoms with Crippen LogP contribution in [-0.2, 0) is 13.0 Å². The van der Waals surface area contributed by atoms with Crippen molar-refractivity contribution < 1.29 is 23.5 Å². The first-order valence-electron chi connectivity index (χ1n) is 9.57. The molecule has 0 fully saturated rings. The highest BCUT2D eigenvalue weighted by Gasteiger charge is 2.23. The Morgan fingerprint density at radius 3 is 2.57 bits per heavy atom. The summed E-state index contributed by atoms with van der Waals surface area (Å²) in [6.45, 7) is 1.10. The van der Waals surface area contributed by atoms with Crippen LogP contribution in [0.1, 0.15) is 32.0 Å². The molecule has 0 bridgehead atoms. The predicted octanol–water partition coefficient (Wildman–Crippen LogP) is 3.75. The van der Waals surface area contributed by atoms with Gasteiger partial charge in [-0.15, -0.1) is 0 Å². The van der Waals surface area contributed by atoms with Crippen LogP contribution >= 0.6 is 0 Å². The summed E-state index contributed by atoms with van der Waals surface area (Å²) in [5, 5.41) is 2.91. The Labute approximate surface area is 174 Å². The second-order valence-corrected chi connectivity index (χ2v) is 6.96. The molecule has 1 aliphatic rings. The van der Waals surface area contributed by atoms with E-state index in [2.05, 4.69) is 5.32 Å². The van der Waals surface area contributed by atoms with E-state index < -0.39 is 0 Å². The fourth-order valence-corrected chi connectivity index (χ4v) is 3.55. The van der Waals surface area contributed by atoms with Crippen molar-refractivity contribution in [3.8, 4) is 11.5 Å². The molecule has 0 saturated carbocycles. The van der Waals surface area contributed by atoms with Gasteiger partial charge in [-0.25, -0.2) is 0 Å². The smallest absolute Gasteiger partial charge is 0.289 e. The van der Waals surface area contributed by atoms with Crippen LogP contribution in [-0.4, -0.2) is 37.5 Å². The van der Waals surface area contributed by atoms with Gasteiger partial charge in [-0.1, -0.05) is 6.07 Å². The van der Waals surface area contributed by atoms with Crippen LogP contribution in [0.15, 0.2) is 59.2 Å². The van der Waals surface area contributed by atoms with Gasteiger partial charge in [-0.2, -0.15) is 0 Å². The maximum atomic E-state index is 12.7. The molecule has 0 unspecified atom stereocenters. The van der Waals surface area contributed by atoms with Gasteiger partial charge >= 0.3 is 0 Å². The molecular formula is C23H22N2O5. The summed E-state index contributed by atoms with van der Waals surface area (Å²) in [6, 6.07) is 14.2. The Hall–Kier alpha value is -3.74. The van der Waals surface area contributed by atoms with Crippen molar-refractivity contribution in [2.75, 3.05) is 26.1 Å². The van der Waals surface area contributed by atoms with Crippen molar-refractivity contribution in [3.05, 3.63) is 77.2 Å². The number of hydrogen-bond acceptors (Lipinski definition) is 5. The van der Waals surface area contributed by atoms with E-state index in [9.17, 15) is 9.59 Å². The minimum atomic E-state index is -0.254. The largest absolute Gasteiger partial charge is 0.493 e. The molecule has 30 heavy (non-hydrogen) atoms. The molecule has 2 aromatic carbocycles. The van der Waals surface area contributed by atoms with Gasteiger partial charge in [0, 0.05) is 24.3 Å². The number of nitrogens with zero attached hydrogens (tertiary/aromatic N) is 1. The molecule has 3 aromatic rings. The second kappa shape index (κ2) is 8.32. The van der Waals surface area contributed by atoms with Crippen LogP contribution in [0.3, 0.4) is 0 Å². The third kappa shape index (κ3) is 3.87. The van der Waals surface area contributed by atoms with Gasteiger partial charge in [0.15, 0.2) is 17.3 Å². The molecule has 0 spiro atoms. The zero-order valence-corrected chi connectivity index (χ0v) is 16.8. The van der Waals surface area contributed by atoms with Crippen LogP contribution in [0.5, 0.6) is 11.5 Å². The van der Waals surface area contributed by atoms with E-state index in [0.29, 0.717) is 41.6 Å². The van der Waals surface area contributed by atoms with Crippen molar-refractivity contribution in [3.63, 3.8) is 0 Å². The van der Waals surface area contributed by atoms with Gasteiger partial charge in [0.25, 0.3) is 11.8 Å². The molecule has 1 aromatic heterocycles. The summed E-state index contributed by atoms with van der Waals surface area (Å²) >= 11 is 0. The molecule has 2 amide bonds. The van der Waals surface area contributed by atoms with E-state index in [0.717, 1.165) is 12.0 Å². The highest BCUT2D eigenvalue weighted by Crippen LogP contribution is 2.28. The molecule has 0 radical (unpaired) electrons. The zero-order chi connectivity index (χ0) is 21.1. The fourth-order valence-electron chi connectivity index (χ4n) is 3.55. The SMILES string of the molecule is COc1ccc(C(=O)Nc2ccc3c(c2)CN(C(=O)c2ccco2)CC3)cc1OC. The lowest BCUT2D eigenvalue weighted by atomic mass is 9.98. The van der Waals surface area contributed by atoms with Crippen molar-refractivity contribution >= 4 is 17.5 Å². The zero-order valence-electron chi connectivity index (χ0n) is 16.8. The number of benzene rings is 2. The van der Waals surface area contributed by atoms with Crippen molar-refractivity contribution in [2.24, 2.45) is 0 Å². The normalized spacial score (nSPS) is 12.8. The molecular weight excluding hydrogens is 384 g/mol. The number of fused-ring (bicyclic) bond motifs is 1. The molecule has 1 aliphatic heterocycles. The molecule has 4 rings (SSSR count). The van der Waals surface area contributed by atoms with E-state index in [1.54, 1.807) is 42.3 Å². The third-order valence-electron chi connectivity index (χ3n) is 5.14. The van der Waals surface area contributed by atoms with Crippen molar-refractivity contribution in [2.45, 2.75) is 13.0 Å². The Bertz CT molecular complexity index is 1080. The standard InChI is InChI=1S/C23H22N2O5/c1-28-19-8-6-16(13-21(19)29-2)22(26)24-18-7-5-15-9-10-25(14-17(15)12-18)23(27)20-4-3-11-30-20/h3-8,11-13H,9-10,14H2,1-2H3,(H,24,26).